The van der Waals surface area contributed by atoms with Crippen molar-refractivity contribution in [3.63, 3.8) is 0 Å². The molecule has 3 N–H and O–H groups in total. The van der Waals surface area contributed by atoms with Crippen LogP contribution in [0.15, 0.2) is 42.6 Å². The SMILES string of the molecule is CN(c1ccc(O)cc1)c1cccnc1CN. The molecule has 4 nitrogen and oxygen atoms in total. The van der Waals surface area contributed by atoms with Gasteiger partial charge in [0.1, 0.15) is 5.75 Å². The molecule has 0 fully saturated rings. The van der Waals surface area contributed by atoms with Crippen LogP contribution in [0.3, 0.4) is 0 Å². The Hall–Kier alpha value is -2.07. The van der Waals surface area contributed by atoms with Crippen LogP contribution in [0.2, 0.25) is 0 Å². The lowest BCUT2D eigenvalue weighted by Gasteiger charge is -2.21. The molecule has 0 bridgehead atoms. The highest BCUT2D eigenvalue weighted by atomic mass is 16.3. The van der Waals surface area contributed by atoms with Gasteiger partial charge in [-0.05, 0) is 36.4 Å². The third-order valence-corrected chi connectivity index (χ3v) is 2.66. The monoisotopic (exact) mass is 229 g/mol. The summed E-state index contributed by atoms with van der Waals surface area (Å²) in [6, 6.07) is 10.9. The minimum Gasteiger partial charge on any atom is -0.508 e. The Bertz CT molecular complexity index is 496. The predicted molar refractivity (Wildman–Crippen MR) is 68.3 cm³/mol. The van der Waals surface area contributed by atoms with Crippen LogP contribution in [0, 0.1) is 0 Å². The molecule has 4 heteroatoms. The molecule has 0 atom stereocenters. The number of hydrogen-bond acceptors (Lipinski definition) is 4. The van der Waals surface area contributed by atoms with Gasteiger partial charge in [0.05, 0.1) is 11.4 Å². The van der Waals surface area contributed by atoms with Gasteiger partial charge in [0, 0.05) is 25.5 Å². The maximum Gasteiger partial charge on any atom is 0.115 e. The number of hydrogen-bond donors (Lipinski definition) is 2. The number of phenols is 1. The van der Waals surface area contributed by atoms with Crippen LogP contribution >= 0.6 is 0 Å². The van der Waals surface area contributed by atoms with Crippen molar-refractivity contribution in [3.05, 3.63) is 48.3 Å². The first-order valence-corrected chi connectivity index (χ1v) is 5.39. The molecule has 1 aromatic heterocycles. The minimum atomic E-state index is 0.257. The number of phenolic OH excluding ortho intramolecular Hbond substituents is 1. The maximum absolute atomic E-state index is 9.26. The molecule has 0 aliphatic carbocycles. The number of anilines is 2. The number of aromatic hydroxyl groups is 1. The highest BCUT2D eigenvalue weighted by Crippen LogP contribution is 2.26. The summed E-state index contributed by atoms with van der Waals surface area (Å²) >= 11 is 0. The van der Waals surface area contributed by atoms with E-state index < -0.39 is 0 Å². The van der Waals surface area contributed by atoms with Gasteiger partial charge in [-0.2, -0.15) is 0 Å². The van der Waals surface area contributed by atoms with E-state index in [-0.39, 0.29) is 5.75 Å². The zero-order valence-electron chi connectivity index (χ0n) is 9.67. The first kappa shape index (κ1) is 11.4. The summed E-state index contributed by atoms with van der Waals surface area (Å²) < 4.78 is 0. The molecule has 0 saturated heterocycles. The zero-order valence-corrected chi connectivity index (χ0v) is 9.67. The van der Waals surface area contributed by atoms with E-state index in [0.29, 0.717) is 6.54 Å². The van der Waals surface area contributed by atoms with E-state index in [0.717, 1.165) is 17.1 Å². The van der Waals surface area contributed by atoms with E-state index in [1.54, 1.807) is 18.3 Å². The summed E-state index contributed by atoms with van der Waals surface area (Å²) in [6.45, 7) is 0.401. The van der Waals surface area contributed by atoms with Gasteiger partial charge in [0.25, 0.3) is 0 Å². The second-order valence-electron chi connectivity index (χ2n) is 3.75. The van der Waals surface area contributed by atoms with Crippen LogP contribution in [-0.4, -0.2) is 17.1 Å². The van der Waals surface area contributed by atoms with Gasteiger partial charge in [-0.3, -0.25) is 4.98 Å². The normalized spacial score (nSPS) is 10.2. The Kier molecular flexibility index (Phi) is 3.25. The molecule has 88 valence electrons. The van der Waals surface area contributed by atoms with Crippen LogP contribution in [0.25, 0.3) is 0 Å². The zero-order chi connectivity index (χ0) is 12.3. The van der Waals surface area contributed by atoms with E-state index in [1.165, 1.54) is 0 Å². The molecule has 0 radical (unpaired) electrons. The second-order valence-corrected chi connectivity index (χ2v) is 3.75. The highest BCUT2D eigenvalue weighted by Gasteiger charge is 2.08. The summed E-state index contributed by atoms with van der Waals surface area (Å²) in [5.74, 6) is 0.257. The number of pyridine rings is 1. The number of nitrogens with two attached hydrogens (primary N) is 1. The molecule has 17 heavy (non-hydrogen) atoms. The van der Waals surface area contributed by atoms with Crippen molar-refractivity contribution in [2.24, 2.45) is 5.73 Å². The summed E-state index contributed by atoms with van der Waals surface area (Å²) in [7, 11) is 1.95. The molecule has 0 aliphatic heterocycles. The van der Waals surface area contributed by atoms with Gasteiger partial charge in [0.2, 0.25) is 0 Å². The molecule has 0 saturated carbocycles. The first-order valence-electron chi connectivity index (χ1n) is 5.39. The Morgan fingerprint density at radius 2 is 1.94 bits per heavy atom. The fraction of sp³-hybridized carbons (Fsp3) is 0.154. The van der Waals surface area contributed by atoms with E-state index in [9.17, 15) is 5.11 Å². The van der Waals surface area contributed by atoms with Crippen molar-refractivity contribution in [1.29, 1.82) is 0 Å². The fourth-order valence-corrected chi connectivity index (χ4v) is 1.71. The Balaban J connectivity index is 2.36. The lowest BCUT2D eigenvalue weighted by Crippen LogP contribution is -2.14. The Labute approximate surface area is 100 Å². The number of nitrogens with zero attached hydrogens (tertiary/aromatic N) is 2. The third kappa shape index (κ3) is 2.37. The topological polar surface area (TPSA) is 62.4 Å². The highest BCUT2D eigenvalue weighted by molar-refractivity contribution is 5.64. The average Bonchev–Trinajstić information content (AvgIpc) is 2.39. The van der Waals surface area contributed by atoms with Gasteiger partial charge < -0.3 is 15.7 Å². The molecule has 0 unspecified atom stereocenters. The van der Waals surface area contributed by atoms with Crippen LogP contribution < -0.4 is 10.6 Å². The molecule has 0 spiro atoms. The summed E-state index contributed by atoms with van der Waals surface area (Å²) in [4.78, 5) is 6.24. The van der Waals surface area contributed by atoms with E-state index >= 15 is 0 Å². The van der Waals surface area contributed by atoms with Crippen molar-refractivity contribution < 1.29 is 5.11 Å². The minimum absolute atomic E-state index is 0.257. The van der Waals surface area contributed by atoms with Crippen molar-refractivity contribution >= 4 is 11.4 Å². The summed E-state index contributed by atoms with van der Waals surface area (Å²) in [5, 5.41) is 9.26. The summed E-state index contributed by atoms with van der Waals surface area (Å²) in [5.41, 5.74) is 8.46. The first-order chi connectivity index (χ1) is 8.22. The van der Waals surface area contributed by atoms with Crippen molar-refractivity contribution in [2.45, 2.75) is 6.54 Å². The van der Waals surface area contributed by atoms with E-state index in [1.807, 2.05) is 36.2 Å². The Morgan fingerprint density at radius 3 is 2.59 bits per heavy atom. The molecule has 1 aromatic carbocycles. The molecule has 2 aromatic rings. The van der Waals surface area contributed by atoms with Crippen molar-refractivity contribution in [1.82, 2.24) is 4.98 Å². The summed E-state index contributed by atoms with van der Waals surface area (Å²) in [6.07, 6.45) is 1.73. The van der Waals surface area contributed by atoms with Gasteiger partial charge in [-0.1, -0.05) is 0 Å². The number of benzene rings is 1. The smallest absolute Gasteiger partial charge is 0.115 e. The third-order valence-electron chi connectivity index (χ3n) is 2.66. The van der Waals surface area contributed by atoms with E-state index in [2.05, 4.69) is 4.98 Å². The van der Waals surface area contributed by atoms with Gasteiger partial charge in [0.15, 0.2) is 0 Å². The fourth-order valence-electron chi connectivity index (χ4n) is 1.71. The van der Waals surface area contributed by atoms with Gasteiger partial charge >= 0.3 is 0 Å². The van der Waals surface area contributed by atoms with Crippen molar-refractivity contribution in [3.8, 4) is 5.75 Å². The molecule has 0 aliphatic rings. The van der Waals surface area contributed by atoms with Crippen molar-refractivity contribution in [2.75, 3.05) is 11.9 Å². The molecule has 2 rings (SSSR count). The number of aromatic nitrogens is 1. The van der Waals surface area contributed by atoms with Crippen LogP contribution in [0.4, 0.5) is 11.4 Å². The predicted octanol–water partition coefficient (Wildman–Crippen LogP) is 2.01. The molecular formula is C13H15N3O. The van der Waals surface area contributed by atoms with Gasteiger partial charge in [-0.25, -0.2) is 0 Å². The standard InChI is InChI=1S/C13H15N3O/c1-16(10-4-6-11(17)7-5-10)13-3-2-8-15-12(13)9-14/h2-8,17H,9,14H2,1H3. The van der Waals surface area contributed by atoms with Crippen LogP contribution in [0.5, 0.6) is 5.75 Å². The lowest BCUT2D eigenvalue weighted by atomic mass is 10.2. The van der Waals surface area contributed by atoms with Crippen LogP contribution in [0.1, 0.15) is 5.69 Å². The van der Waals surface area contributed by atoms with Crippen LogP contribution in [-0.2, 0) is 6.54 Å². The maximum atomic E-state index is 9.26. The second kappa shape index (κ2) is 4.84. The quantitative estimate of drug-likeness (QED) is 0.845. The number of rotatable bonds is 3. The molecule has 0 amide bonds. The molecule has 1 heterocycles. The Morgan fingerprint density at radius 1 is 1.24 bits per heavy atom. The van der Waals surface area contributed by atoms with Gasteiger partial charge in [-0.15, -0.1) is 0 Å². The lowest BCUT2D eigenvalue weighted by molar-refractivity contribution is 0.475. The van der Waals surface area contributed by atoms with E-state index in [4.69, 9.17) is 5.73 Å². The molecular weight excluding hydrogens is 214 g/mol. The largest absolute Gasteiger partial charge is 0.508 e. The average molecular weight is 229 g/mol.